The highest BCUT2D eigenvalue weighted by molar-refractivity contribution is 7.92. The van der Waals surface area contributed by atoms with E-state index in [0.717, 1.165) is 0 Å². The Morgan fingerprint density at radius 2 is 1.87 bits per heavy atom. The molecule has 0 aliphatic rings. The van der Waals surface area contributed by atoms with Gasteiger partial charge in [-0.3, -0.25) is 4.79 Å². The average molecular weight is 237 g/mol. The van der Waals surface area contributed by atoms with Crippen LogP contribution < -0.4 is 5.32 Å². The zero-order chi connectivity index (χ0) is 12.3. The standard InChI is InChI=1S/C9H19NO4S/c1-7(8(11)12)10-5-6-15(13,14)9(2,3)4/h7,10H,5-6H2,1-4H3,(H,11,12)/t7-/m0/s1. The van der Waals surface area contributed by atoms with Crippen LogP contribution >= 0.6 is 0 Å². The van der Waals surface area contributed by atoms with E-state index in [4.69, 9.17) is 5.11 Å². The van der Waals surface area contributed by atoms with Gasteiger partial charge in [0.05, 0.1) is 10.5 Å². The molecule has 15 heavy (non-hydrogen) atoms. The molecular weight excluding hydrogens is 218 g/mol. The van der Waals surface area contributed by atoms with Gasteiger partial charge in [0.2, 0.25) is 0 Å². The maximum absolute atomic E-state index is 11.6. The molecule has 0 unspecified atom stereocenters. The average Bonchev–Trinajstić information content (AvgIpc) is 2.01. The van der Waals surface area contributed by atoms with Crippen molar-refractivity contribution < 1.29 is 18.3 Å². The molecule has 0 amide bonds. The summed E-state index contributed by atoms with van der Waals surface area (Å²) in [6, 6.07) is -0.722. The molecule has 0 aromatic carbocycles. The Bertz CT molecular complexity index is 315. The Morgan fingerprint density at radius 1 is 1.40 bits per heavy atom. The summed E-state index contributed by atoms with van der Waals surface area (Å²) in [5, 5.41) is 11.2. The molecule has 0 heterocycles. The predicted molar refractivity (Wildman–Crippen MR) is 58.6 cm³/mol. The summed E-state index contributed by atoms with van der Waals surface area (Å²) >= 11 is 0. The Labute approximate surface area is 90.8 Å². The van der Waals surface area contributed by atoms with E-state index in [1.165, 1.54) is 6.92 Å². The molecule has 0 aliphatic heterocycles. The van der Waals surface area contributed by atoms with E-state index in [9.17, 15) is 13.2 Å². The summed E-state index contributed by atoms with van der Waals surface area (Å²) in [6.07, 6.45) is 0. The van der Waals surface area contributed by atoms with Crippen LogP contribution in [0.25, 0.3) is 0 Å². The van der Waals surface area contributed by atoms with E-state index >= 15 is 0 Å². The van der Waals surface area contributed by atoms with Crippen LogP contribution in [0.15, 0.2) is 0 Å². The van der Waals surface area contributed by atoms with Crippen LogP contribution in [-0.4, -0.2) is 42.6 Å². The van der Waals surface area contributed by atoms with Crippen molar-refractivity contribution in [1.82, 2.24) is 5.32 Å². The van der Waals surface area contributed by atoms with Crippen molar-refractivity contribution in [3.63, 3.8) is 0 Å². The van der Waals surface area contributed by atoms with Gasteiger partial charge in [0.15, 0.2) is 9.84 Å². The van der Waals surface area contributed by atoms with Crippen LogP contribution in [0.5, 0.6) is 0 Å². The van der Waals surface area contributed by atoms with Gasteiger partial charge in [0, 0.05) is 6.54 Å². The van der Waals surface area contributed by atoms with E-state index in [1.807, 2.05) is 0 Å². The first-order valence-corrected chi connectivity index (χ1v) is 6.41. The first kappa shape index (κ1) is 14.4. The molecular formula is C9H19NO4S. The molecule has 1 atom stereocenters. The number of nitrogens with one attached hydrogen (secondary N) is 1. The number of hydrogen-bond donors (Lipinski definition) is 2. The van der Waals surface area contributed by atoms with Crippen LogP contribution in [0.1, 0.15) is 27.7 Å². The van der Waals surface area contributed by atoms with Crippen molar-refractivity contribution in [1.29, 1.82) is 0 Å². The van der Waals surface area contributed by atoms with Crippen LogP contribution in [0.2, 0.25) is 0 Å². The summed E-state index contributed by atoms with van der Waals surface area (Å²) in [4.78, 5) is 10.4. The quantitative estimate of drug-likeness (QED) is 0.716. The SMILES string of the molecule is C[C@H](NCCS(=O)(=O)C(C)(C)C)C(=O)O. The van der Waals surface area contributed by atoms with E-state index < -0.39 is 26.6 Å². The van der Waals surface area contributed by atoms with Gasteiger partial charge in [-0.05, 0) is 27.7 Å². The molecule has 6 heteroatoms. The molecule has 90 valence electrons. The summed E-state index contributed by atoms with van der Waals surface area (Å²) < 4.78 is 22.4. The van der Waals surface area contributed by atoms with Crippen molar-refractivity contribution in [2.45, 2.75) is 38.5 Å². The second-order valence-corrected chi connectivity index (χ2v) is 7.31. The second-order valence-electron chi connectivity index (χ2n) is 4.45. The first-order valence-electron chi connectivity index (χ1n) is 4.76. The fourth-order valence-corrected chi connectivity index (χ4v) is 1.80. The summed E-state index contributed by atoms with van der Waals surface area (Å²) in [5.41, 5.74) is 0. The molecule has 0 radical (unpaired) electrons. The number of carboxylic acid groups (broad SMARTS) is 1. The first-order chi connectivity index (χ1) is 6.58. The highest BCUT2D eigenvalue weighted by atomic mass is 32.2. The van der Waals surface area contributed by atoms with Gasteiger partial charge < -0.3 is 10.4 Å². The molecule has 0 rings (SSSR count). The van der Waals surface area contributed by atoms with Crippen molar-refractivity contribution in [3.8, 4) is 0 Å². The zero-order valence-electron chi connectivity index (χ0n) is 9.57. The molecule has 0 aromatic heterocycles. The fourth-order valence-electron chi connectivity index (χ4n) is 0.803. The van der Waals surface area contributed by atoms with Gasteiger partial charge in [-0.25, -0.2) is 8.42 Å². The van der Waals surface area contributed by atoms with Crippen molar-refractivity contribution in [3.05, 3.63) is 0 Å². The largest absolute Gasteiger partial charge is 0.480 e. The van der Waals surface area contributed by atoms with Crippen LogP contribution in [0, 0.1) is 0 Å². The van der Waals surface area contributed by atoms with Gasteiger partial charge in [-0.2, -0.15) is 0 Å². The topological polar surface area (TPSA) is 83.5 Å². The number of carbonyl (C=O) groups is 1. The third kappa shape index (κ3) is 4.61. The number of aliphatic carboxylic acids is 1. The van der Waals surface area contributed by atoms with E-state index in [0.29, 0.717) is 0 Å². The van der Waals surface area contributed by atoms with E-state index in [1.54, 1.807) is 20.8 Å². The number of hydrogen-bond acceptors (Lipinski definition) is 4. The molecule has 0 bridgehead atoms. The predicted octanol–water partition coefficient (Wildman–Crippen LogP) is 0.262. The fraction of sp³-hybridized carbons (Fsp3) is 0.889. The smallest absolute Gasteiger partial charge is 0.320 e. The summed E-state index contributed by atoms with van der Waals surface area (Å²) in [7, 11) is -3.17. The third-order valence-corrected chi connectivity index (χ3v) is 4.73. The van der Waals surface area contributed by atoms with Gasteiger partial charge in [0.25, 0.3) is 0 Å². The zero-order valence-corrected chi connectivity index (χ0v) is 10.4. The molecule has 0 saturated heterocycles. The Morgan fingerprint density at radius 3 is 2.20 bits per heavy atom. The molecule has 0 aromatic rings. The Hall–Kier alpha value is -0.620. The lowest BCUT2D eigenvalue weighted by atomic mass is 10.3. The lowest BCUT2D eigenvalue weighted by Gasteiger charge is -2.19. The minimum Gasteiger partial charge on any atom is -0.480 e. The molecule has 0 spiro atoms. The van der Waals surface area contributed by atoms with Gasteiger partial charge in [-0.1, -0.05) is 0 Å². The number of carboxylic acids is 1. The van der Waals surface area contributed by atoms with Crippen molar-refractivity contribution >= 4 is 15.8 Å². The van der Waals surface area contributed by atoms with Crippen LogP contribution in [-0.2, 0) is 14.6 Å². The second kappa shape index (κ2) is 4.94. The Balaban J connectivity index is 4.14. The normalized spacial score (nSPS) is 14.9. The Kier molecular flexibility index (Phi) is 4.73. The van der Waals surface area contributed by atoms with Crippen molar-refractivity contribution in [2.75, 3.05) is 12.3 Å². The molecule has 2 N–H and O–H groups in total. The highest BCUT2D eigenvalue weighted by Gasteiger charge is 2.28. The van der Waals surface area contributed by atoms with Gasteiger partial charge in [0.1, 0.15) is 6.04 Å². The summed E-state index contributed by atoms with van der Waals surface area (Å²) in [5.74, 6) is -1.03. The maximum atomic E-state index is 11.6. The van der Waals surface area contributed by atoms with Crippen LogP contribution in [0.3, 0.4) is 0 Å². The highest BCUT2D eigenvalue weighted by Crippen LogP contribution is 2.15. The molecule has 0 saturated carbocycles. The summed E-state index contributed by atoms with van der Waals surface area (Å²) in [6.45, 7) is 6.52. The van der Waals surface area contributed by atoms with Gasteiger partial charge >= 0.3 is 5.97 Å². The van der Waals surface area contributed by atoms with Gasteiger partial charge in [-0.15, -0.1) is 0 Å². The van der Waals surface area contributed by atoms with E-state index in [2.05, 4.69) is 5.32 Å². The molecule has 5 nitrogen and oxygen atoms in total. The molecule has 0 aliphatic carbocycles. The number of rotatable bonds is 5. The third-order valence-electron chi connectivity index (χ3n) is 2.12. The minimum absolute atomic E-state index is 0.0475. The minimum atomic E-state index is -3.17. The molecule has 0 fully saturated rings. The van der Waals surface area contributed by atoms with Crippen LogP contribution in [0.4, 0.5) is 0 Å². The van der Waals surface area contributed by atoms with E-state index in [-0.39, 0.29) is 12.3 Å². The van der Waals surface area contributed by atoms with Crippen molar-refractivity contribution in [2.24, 2.45) is 0 Å². The lowest BCUT2D eigenvalue weighted by Crippen LogP contribution is -2.40. The monoisotopic (exact) mass is 237 g/mol. The lowest BCUT2D eigenvalue weighted by molar-refractivity contribution is -0.138. The number of sulfone groups is 1. The maximum Gasteiger partial charge on any atom is 0.320 e.